The molecule has 0 amide bonds. The number of rotatable bonds is 8. The molecule has 0 aromatic heterocycles. The summed E-state index contributed by atoms with van der Waals surface area (Å²) in [7, 11) is -2.90. The van der Waals surface area contributed by atoms with Gasteiger partial charge in [0.1, 0.15) is 0 Å². The van der Waals surface area contributed by atoms with E-state index in [0.29, 0.717) is 24.4 Å². The number of hydrogen-bond donors (Lipinski definition) is 3. The molecule has 0 saturated heterocycles. The Morgan fingerprint density at radius 3 is 2.78 bits per heavy atom. The van der Waals surface area contributed by atoms with Gasteiger partial charge in [-0.05, 0) is 56.8 Å². The first kappa shape index (κ1) is 22.4. The molecule has 2 rings (SSSR count). The number of allylic oxidation sites excluding steroid dienone is 2. The van der Waals surface area contributed by atoms with Crippen molar-refractivity contribution in [3.63, 3.8) is 0 Å². The summed E-state index contributed by atoms with van der Waals surface area (Å²) in [5, 5.41) is 20.7. The molecule has 3 N–H and O–H groups in total. The molecule has 0 aliphatic heterocycles. The minimum absolute atomic E-state index is 0.0862. The summed E-state index contributed by atoms with van der Waals surface area (Å²) in [6, 6.07) is 0. The Labute approximate surface area is 164 Å². The van der Waals surface area contributed by atoms with E-state index in [-0.39, 0.29) is 17.9 Å². The number of aliphatic hydroxyl groups is 2. The summed E-state index contributed by atoms with van der Waals surface area (Å²) < 4.78 is 11.4. The summed E-state index contributed by atoms with van der Waals surface area (Å²) >= 11 is 0. The van der Waals surface area contributed by atoms with Gasteiger partial charge in [-0.25, -0.2) is 0 Å². The summed E-state index contributed by atoms with van der Waals surface area (Å²) in [6.07, 6.45) is 10.8. The molecule has 27 heavy (non-hydrogen) atoms. The zero-order chi connectivity index (χ0) is 20.0. The highest BCUT2D eigenvalue weighted by atomic mass is 31.2. The second-order valence-corrected chi connectivity index (χ2v) is 11.0. The minimum Gasteiger partial charge on any atom is -0.392 e. The third-order valence-electron chi connectivity index (χ3n) is 6.04. The van der Waals surface area contributed by atoms with E-state index in [9.17, 15) is 19.7 Å². The van der Waals surface area contributed by atoms with Gasteiger partial charge < -0.3 is 15.1 Å². The molecule has 0 spiro atoms. The Balaban J connectivity index is 1.89. The van der Waals surface area contributed by atoms with Gasteiger partial charge in [0.2, 0.25) is 0 Å². The van der Waals surface area contributed by atoms with Gasteiger partial charge in [0.05, 0.1) is 12.2 Å². The zero-order valence-electron chi connectivity index (χ0n) is 16.8. The molecule has 152 valence electrons. The van der Waals surface area contributed by atoms with Gasteiger partial charge in [-0.2, -0.15) is 0 Å². The molecule has 2 saturated carbocycles. The number of aliphatic hydroxyl groups excluding tert-OH is 2. The standard InChI is InChI=1S/C22H35O4P/c1-4-5-8-16(2)21(23)11-10-19-20-14-17(13-18(20)15-22(19)24)9-6-7-12-27(3,25)26/h9-11,16,18-24H,6-8,12-15H2,1-3H3,(H,25,26)/b11-10+,17-9+/t16?,18-,19+,20-,21?,22+/m0/s1. The molecule has 4 nitrogen and oxygen atoms in total. The fraction of sp³-hybridized carbons (Fsp3) is 0.727. The molecule has 7 atom stereocenters. The van der Waals surface area contributed by atoms with Gasteiger partial charge in [-0.1, -0.05) is 30.7 Å². The zero-order valence-corrected chi connectivity index (χ0v) is 17.7. The van der Waals surface area contributed by atoms with Gasteiger partial charge in [0.25, 0.3) is 0 Å². The Bertz CT molecular complexity index is 651. The van der Waals surface area contributed by atoms with E-state index >= 15 is 0 Å². The van der Waals surface area contributed by atoms with Gasteiger partial charge in [-0.15, -0.1) is 11.8 Å². The van der Waals surface area contributed by atoms with Gasteiger partial charge in [0, 0.05) is 25.2 Å². The molecule has 2 aliphatic carbocycles. The van der Waals surface area contributed by atoms with Crippen molar-refractivity contribution in [2.24, 2.45) is 23.7 Å². The minimum atomic E-state index is -2.90. The van der Waals surface area contributed by atoms with Gasteiger partial charge in [0.15, 0.2) is 7.37 Å². The summed E-state index contributed by atoms with van der Waals surface area (Å²) in [5.41, 5.74) is 1.42. The molecule has 0 radical (unpaired) electrons. The second-order valence-electron chi connectivity index (χ2n) is 8.48. The molecular weight excluding hydrogens is 359 g/mol. The molecule has 2 aliphatic rings. The highest BCUT2D eigenvalue weighted by Gasteiger charge is 2.44. The van der Waals surface area contributed by atoms with Crippen molar-refractivity contribution < 1.29 is 19.7 Å². The van der Waals surface area contributed by atoms with Gasteiger partial charge >= 0.3 is 0 Å². The van der Waals surface area contributed by atoms with Crippen LogP contribution in [0.2, 0.25) is 0 Å². The molecule has 0 heterocycles. The molecule has 0 bridgehead atoms. The highest BCUT2D eigenvalue weighted by Crippen LogP contribution is 2.50. The average Bonchev–Trinajstić information content (AvgIpc) is 3.10. The van der Waals surface area contributed by atoms with E-state index in [1.807, 2.05) is 19.1 Å². The van der Waals surface area contributed by atoms with Crippen LogP contribution >= 0.6 is 7.37 Å². The topological polar surface area (TPSA) is 77.8 Å². The van der Waals surface area contributed by atoms with Crippen molar-refractivity contribution in [1.82, 2.24) is 0 Å². The van der Waals surface area contributed by atoms with Crippen molar-refractivity contribution in [3.8, 4) is 11.8 Å². The van der Waals surface area contributed by atoms with E-state index in [1.165, 1.54) is 12.2 Å². The van der Waals surface area contributed by atoms with Crippen LogP contribution in [0.3, 0.4) is 0 Å². The second kappa shape index (κ2) is 10.1. The molecule has 2 fully saturated rings. The average molecular weight is 394 g/mol. The first-order valence-electron chi connectivity index (χ1n) is 10.1. The summed E-state index contributed by atoms with van der Waals surface area (Å²) in [4.78, 5) is 9.37. The quantitative estimate of drug-likeness (QED) is 0.252. The van der Waals surface area contributed by atoms with Crippen LogP contribution in [0.5, 0.6) is 0 Å². The van der Waals surface area contributed by atoms with Crippen LogP contribution in [0.1, 0.15) is 52.4 Å². The number of hydrogen-bond acceptors (Lipinski definition) is 3. The molecular formula is C22H35O4P. The first-order valence-corrected chi connectivity index (χ1v) is 12.4. The van der Waals surface area contributed by atoms with Crippen molar-refractivity contribution >= 4 is 7.37 Å². The summed E-state index contributed by atoms with van der Waals surface area (Å²) in [5.74, 6) is 7.01. The van der Waals surface area contributed by atoms with Crippen molar-refractivity contribution in [2.75, 3.05) is 12.8 Å². The predicted molar refractivity (Wildman–Crippen MR) is 111 cm³/mol. The third kappa shape index (κ3) is 6.91. The third-order valence-corrected chi connectivity index (χ3v) is 7.18. The molecule has 0 aromatic carbocycles. The number of unbranched alkanes of at least 4 members (excludes halogenated alkanes) is 1. The van der Waals surface area contributed by atoms with Crippen molar-refractivity contribution in [3.05, 3.63) is 23.8 Å². The van der Waals surface area contributed by atoms with E-state index in [0.717, 1.165) is 32.1 Å². The lowest BCUT2D eigenvalue weighted by atomic mass is 9.89. The molecule has 3 unspecified atom stereocenters. The van der Waals surface area contributed by atoms with Crippen LogP contribution in [-0.4, -0.2) is 40.1 Å². The maximum absolute atomic E-state index is 11.4. The molecule has 0 aromatic rings. The Morgan fingerprint density at radius 2 is 2.11 bits per heavy atom. The van der Waals surface area contributed by atoms with Crippen LogP contribution in [0.15, 0.2) is 23.8 Å². The first-order chi connectivity index (χ1) is 12.7. The number of fused-ring (bicyclic) bond motifs is 1. The Morgan fingerprint density at radius 1 is 1.37 bits per heavy atom. The van der Waals surface area contributed by atoms with Gasteiger partial charge in [-0.3, -0.25) is 4.57 Å². The smallest absolute Gasteiger partial charge is 0.197 e. The summed E-state index contributed by atoms with van der Waals surface area (Å²) in [6.45, 7) is 5.22. The maximum Gasteiger partial charge on any atom is 0.197 e. The van der Waals surface area contributed by atoms with Crippen LogP contribution in [0.25, 0.3) is 0 Å². The highest BCUT2D eigenvalue weighted by molar-refractivity contribution is 7.57. The van der Waals surface area contributed by atoms with E-state index in [4.69, 9.17) is 0 Å². The van der Waals surface area contributed by atoms with Crippen LogP contribution in [-0.2, 0) is 4.57 Å². The lowest BCUT2D eigenvalue weighted by molar-refractivity contribution is 0.137. The fourth-order valence-electron chi connectivity index (χ4n) is 4.45. The maximum atomic E-state index is 11.4. The lowest BCUT2D eigenvalue weighted by Crippen LogP contribution is -2.19. The lowest BCUT2D eigenvalue weighted by Gasteiger charge is -2.19. The van der Waals surface area contributed by atoms with Crippen LogP contribution < -0.4 is 0 Å². The largest absolute Gasteiger partial charge is 0.392 e. The Hall–Kier alpha value is -0.850. The molecule has 5 heteroatoms. The van der Waals surface area contributed by atoms with E-state index in [2.05, 4.69) is 17.9 Å². The van der Waals surface area contributed by atoms with E-state index in [1.54, 1.807) is 6.92 Å². The SMILES string of the molecule is CC#CCC(C)C(O)/C=C/[C@@H]1[C@H]2C/C(=C/CCCP(C)(=O)O)C[C@H]2C[C@H]1O. The normalized spacial score (nSPS) is 33.5. The van der Waals surface area contributed by atoms with Crippen LogP contribution in [0.4, 0.5) is 0 Å². The predicted octanol–water partition coefficient (Wildman–Crippen LogP) is 3.97. The fourth-order valence-corrected chi connectivity index (χ4v) is 5.22. The van der Waals surface area contributed by atoms with Crippen molar-refractivity contribution in [1.29, 1.82) is 0 Å². The van der Waals surface area contributed by atoms with Crippen LogP contribution in [0, 0.1) is 35.5 Å². The van der Waals surface area contributed by atoms with E-state index < -0.39 is 13.5 Å². The monoisotopic (exact) mass is 394 g/mol. The Kier molecular flexibility index (Phi) is 8.38. The van der Waals surface area contributed by atoms with Crippen molar-refractivity contribution in [2.45, 2.75) is 64.6 Å².